The Kier molecular flexibility index (Phi) is 3.75. The fraction of sp³-hybridized carbons (Fsp3) is 0.786. The van der Waals surface area contributed by atoms with Gasteiger partial charge in [-0.15, -0.1) is 0 Å². The van der Waals surface area contributed by atoms with Crippen LogP contribution in [-0.2, 0) is 21.8 Å². The van der Waals surface area contributed by atoms with Crippen LogP contribution < -0.4 is 0 Å². The normalized spacial score (nSPS) is 28.7. The summed E-state index contributed by atoms with van der Waals surface area (Å²) in [5.74, 6) is 0.677. The van der Waals surface area contributed by atoms with Gasteiger partial charge in [-0.05, 0) is 20.3 Å². The fourth-order valence-electron chi connectivity index (χ4n) is 3.00. The molecule has 0 aromatic carbocycles. The lowest BCUT2D eigenvalue weighted by molar-refractivity contribution is -0.193. The molecule has 0 N–H and O–H groups in total. The largest absolute Gasteiger partial charge is 0.378 e. The Morgan fingerprint density at radius 1 is 1.43 bits per heavy atom. The van der Waals surface area contributed by atoms with E-state index >= 15 is 0 Å². The molecule has 0 unspecified atom stereocenters. The summed E-state index contributed by atoms with van der Waals surface area (Å²) in [6.07, 6.45) is 2.24. The second-order valence-corrected chi connectivity index (χ2v) is 8.58. The third-order valence-electron chi connectivity index (χ3n) is 5.40. The molecule has 0 bridgehead atoms. The highest BCUT2D eigenvalue weighted by atomic mass is 32.2. The summed E-state index contributed by atoms with van der Waals surface area (Å²) in [5.41, 5.74) is -0.561. The minimum atomic E-state index is -3.58. The van der Waals surface area contributed by atoms with Gasteiger partial charge >= 0.3 is 0 Å². The Balaban J connectivity index is 2.31. The highest BCUT2D eigenvalue weighted by Crippen LogP contribution is 2.54. The van der Waals surface area contributed by atoms with E-state index in [-0.39, 0.29) is 22.1 Å². The minimum Gasteiger partial charge on any atom is -0.378 e. The van der Waals surface area contributed by atoms with Gasteiger partial charge in [0.2, 0.25) is 0 Å². The van der Waals surface area contributed by atoms with Crippen molar-refractivity contribution in [1.82, 2.24) is 13.9 Å². The number of rotatable bonds is 4. The van der Waals surface area contributed by atoms with Crippen molar-refractivity contribution in [2.24, 2.45) is 12.5 Å². The topological polar surface area (TPSA) is 64.4 Å². The molecule has 2 atom stereocenters. The van der Waals surface area contributed by atoms with Gasteiger partial charge in [0, 0.05) is 38.9 Å². The van der Waals surface area contributed by atoms with Crippen LogP contribution in [0.4, 0.5) is 0 Å². The van der Waals surface area contributed by atoms with Crippen molar-refractivity contribution in [2.45, 2.75) is 50.8 Å². The highest BCUT2D eigenvalue weighted by molar-refractivity contribution is 7.89. The summed E-state index contributed by atoms with van der Waals surface area (Å²) < 4.78 is 34.2. The van der Waals surface area contributed by atoms with Crippen molar-refractivity contribution in [3.8, 4) is 0 Å². The Hall–Kier alpha value is -0.920. The van der Waals surface area contributed by atoms with Crippen LogP contribution in [0.2, 0.25) is 0 Å². The zero-order valence-corrected chi connectivity index (χ0v) is 14.7. The summed E-state index contributed by atoms with van der Waals surface area (Å²) >= 11 is 0. The molecule has 0 aliphatic heterocycles. The predicted octanol–water partition coefficient (Wildman–Crippen LogP) is 1.55. The third kappa shape index (κ3) is 2.22. The first kappa shape index (κ1) is 16.5. The number of aryl methyl sites for hydroxylation is 2. The van der Waals surface area contributed by atoms with E-state index in [1.54, 1.807) is 38.9 Å². The van der Waals surface area contributed by atoms with Crippen LogP contribution in [-0.4, -0.2) is 48.1 Å². The first-order valence-corrected chi connectivity index (χ1v) is 8.44. The summed E-state index contributed by atoms with van der Waals surface area (Å²) in [4.78, 5) is 4.15. The molecule has 6 nitrogen and oxygen atoms in total. The SMILES string of the molecule is CO[C@]1(C)C[C@@H](N(C)S(=O)(=O)c2cn(C)c(C)n2)C1(C)C. The molecular formula is C14H25N3O3S. The minimum absolute atomic E-state index is 0.102. The van der Waals surface area contributed by atoms with Crippen LogP contribution in [0.25, 0.3) is 0 Å². The maximum absolute atomic E-state index is 12.7. The summed E-state index contributed by atoms with van der Waals surface area (Å²) in [7, 11) is 1.51. The van der Waals surface area contributed by atoms with Crippen LogP contribution in [0.15, 0.2) is 11.2 Å². The smallest absolute Gasteiger partial charge is 0.262 e. The zero-order chi connectivity index (χ0) is 16.2. The van der Waals surface area contributed by atoms with E-state index in [0.717, 1.165) is 0 Å². The van der Waals surface area contributed by atoms with Crippen molar-refractivity contribution in [3.05, 3.63) is 12.0 Å². The second kappa shape index (κ2) is 4.79. The average molecular weight is 315 g/mol. The monoisotopic (exact) mass is 315 g/mol. The van der Waals surface area contributed by atoms with Crippen molar-refractivity contribution in [1.29, 1.82) is 0 Å². The Labute approximate surface area is 127 Å². The summed E-state index contributed by atoms with van der Waals surface area (Å²) in [6.45, 7) is 7.89. The molecule has 21 heavy (non-hydrogen) atoms. The van der Waals surface area contributed by atoms with E-state index in [2.05, 4.69) is 4.98 Å². The predicted molar refractivity (Wildman–Crippen MR) is 80.5 cm³/mol. The molecule has 0 amide bonds. The molecular weight excluding hydrogens is 290 g/mol. The van der Waals surface area contributed by atoms with E-state index in [1.807, 2.05) is 20.8 Å². The molecule has 0 saturated heterocycles. The number of ether oxygens (including phenoxy) is 1. The van der Waals surface area contributed by atoms with Gasteiger partial charge in [0.25, 0.3) is 10.0 Å². The maximum atomic E-state index is 12.7. The summed E-state index contributed by atoms with van der Waals surface area (Å²) in [6, 6.07) is -0.102. The average Bonchev–Trinajstić information content (AvgIpc) is 2.75. The van der Waals surface area contributed by atoms with Crippen molar-refractivity contribution in [3.63, 3.8) is 0 Å². The first-order valence-electron chi connectivity index (χ1n) is 7.00. The molecule has 2 rings (SSSR count). The van der Waals surface area contributed by atoms with Crippen LogP contribution in [0.3, 0.4) is 0 Å². The van der Waals surface area contributed by atoms with Gasteiger partial charge in [-0.3, -0.25) is 0 Å². The quantitative estimate of drug-likeness (QED) is 0.846. The third-order valence-corrected chi connectivity index (χ3v) is 7.14. The van der Waals surface area contributed by atoms with E-state index in [0.29, 0.717) is 12.2 Å². The molecule has 1 saturated carbocycles. The van der Waals surface area contributed by atoms with Crippen LogP contribution in [0.1, 0.15) is 33.0 Å². The molecule has 1 aromatic rings. The van der Waals surface area contributed by atoms with E-state index in [9.17, 15) is 8.42 Å². The van der Waals surface area contributed by atoms with Gasteiger partial charge < -0.3 is 9.30 Å². The standard InChI is InChI=1S/C14H25N3O3S/c1-10-15-12(9-16(10)5)21(18,19)17(6)11-8-14(4,20-7)13(11,2)3/h9,11H,8H2,1-7H3/t11-,14-/m1/s1. The maximum Gasteiger partial charge on any atom is 0.262 e. The molecule has 0 spiro atoms. The van der Waals surface area contributed by atoms with Crippen molar-refractivity contribution >= 4 is 10.0 Å². The lowest BCUT2D eigenvalue weighted by Gasteiger charge is -2.60. The molecule has 1 fully saturated rings. The van der Waals surface area contributed by atoms with Crippen LogP contribution in [0, 0.1) is 12.3 Å². The Morgan fingerprint density at radius 2 is 2.00 bits per heavy atom. The van der Waals surface area contributed by atoms with E-state index in [1.165, 1.54) is 4.31 Å². The number of hydrogen-bond acceptors (Lipinski definition) is 4. The van der Waals surface area contributed by atoms with Gasteiger partial charge in [-0.1, -0.05) is 13.8 Å². The van der Waals surface area contributed by atoms with Gasteiger partial charge in [0.05, 0.1) is 5.60 Å². The number of sulfonamides is 1. The lowest BCUT2D eigenvalue weighted by atomic mass is 9.56. The molecule has 7 heteroatoms. The molecule has 0 radical (unpaired) electrons. The zero-order valence-electron chi connectivity index (χ0n) is 13.8. The number of aromatic nitrogens is 2. The van der Waals surface area contributed by atoms with Crippen molar-refractivity contribution in [2.75, 3.05) is 14.2 Å². The van der Waals surface area contributed by atoms with Crippen LogP contribution in [0.5, 0.6) is 0 Å². The molecule has 1 aromatic heterocycles. The number of methoxy groups -OCH3 is 1. The number of nitrogens with zero attached hydrogens (tertiary/aromatic N) is 3. The van der Waals surface area contributed by atoms with Gasteiger partial charge in [0.15, 0.2) is 5.03 Å². The second-order valence-electron chi connectivity index (χ2n) is 6.64. The van der Waals surface area contributed by atoms with Gasteiger partial charge in [0.1, 0.15) is 5.82 Å². The Bertz CT molecular complexity index is 631. The fourth-order valence-corrected chi connectivity index (χ4v) is 4.51. The lowest BCUT2D eigenvalue weighted by Crippen LogP contribution is -2.68. The number of hydrogen-bond donors (Lipinski definition) is 0. The molecule has 1 aliphatic rings. The molecule has 1 heterocycles. The number of imidazole rings is 1. The molecule has 1 aliphatic carbocycles. The van der Waals surface area contributed by atoms with E-state index < -0.39 is 10.0 Å². The van der Waals surface area contributed by atoms with E-state index in [4.69, 9.17) is 4.74 Å². The van der Waals surface area contributed by atoms with Gasteiger partial charge in [-0.25, -0.2) is 13.4 Å². The molecule has 120 valence electrons. The summed E-state index contributed by atoms with van der Waals surface area (Å²) in [5, 5.41) is 0.104. The van der Waals surface area contributed by atoms with Crippen LogP contribution >= 0.6 is 0 Å². The highest BCUT2D eigenvalue weighted by Gasteiger charge is 2.60. The first-order chi connectivity index (χ1) is 9.47. The van der Waals surface area contributed by atoms with Crippen molar-refractivity contribution < 1.29 is 13.2 Å². The Morgan fingerprint density at radius 3 is 2.38 bits per heavy atom. The van der Waals surface area contributed by atoms with Gasteiger partial charge in [-0.2, -0.15) is 4.31 Å².